The van der Waals surface area contributed by atoms with Crippen molar-refractivity contribution in [2.45, 2.75) is 39.2 Å². The molecule has 0 aliphatic heterocycles. The van der Waals surface area contributed by atoms with Gasteiger partial charge in [0.05, 0.1) is 0 Å². The Labute approximate surface area is 117 Å². The Bertz CT molecular complexity index is 547. The summed E-state index contributed by atoms with van der Waals surface area (Å²) in [5.74, 6) is 6.67. The van der Waals surface area contributed by atoms with Gasteiger partial charge < -0.3 is 5.32 Å². The lowest BCUT2D eigenvalue weighted by Gasteiger charge is -2.28. The number of nitrogens with zero attached hydrogens (tertiary/aromatic N) is 5. The predicted molar refractivity (Wildman–Crippen MR) is 77.4 cm³/mol. The fraction of sp³-hybridized carbons (Fsp3) is 0.500. The molecule has 2 heterocycles. The molecule has 0 saturated heterocycles. The van der Waals surface area contributed by atoms with Crippen molar-refractivity contribution in [2.24, 2.45) is 5.84 Å². The number of nitrogen functional groups attached to an aromatic ring is 1. The molecule has 4 N–H and O–H groups in total. The number of hydrazine groups is 1. The van der Waals surface area contributed by atoms with Gasteiger partial charge in [0.25, 0.3) is 0 Å². The maximum Gasteiger partial charge on any atom is 0.243 e. The number of nitrogens with two attached hydrogens (primary N) is 1. The topological polar surface area (TPSA) is 107 Å². The van der Waals surface area contributed by atoms with Gasteiger partial charge in [0.2, 0.25) is 17.8 Å². The molecule has 8 heteroatoms. The lowest BCUT2D eigenvalue weighted by atomic mass is 9.96. The Hall–Kier alpha value is -2.22. The highest BCUT2D eigenvalue weighted by Gasteiger charge is 2.21. The second-order valence-corrected chi connectivity index (χ2v) is 4.79. The van der Waals surface area contributed by atoms with Crippen LogP contribution in [0, 0.1) is 0 Å². The lowest BCUT2D eigenvalue weighted by molar-refractivity contribution is 0.474. The molecule has 0 amide bonds. The zero-order valence-electron chi connectivity index (χ0n) is 12.0. The highest BCUT2D eigenvalue weighted by molar-refractivity contribution is 5.39. The van der Waals surface area contributed by atoms with Crippen molar-refractivity contribution in [3.8, 4) is 5.95 Å². The maximum atomic E-state index is 5.41. The molecular weight excluding hydrogens is 256 g/mol. The van der Waals surface area contributed by atoms with Crippen molar-refractivity contribution in [2.75, 3.05) is 10.7 Å². The second kappa shape index (κ2) is 5.83. The van der Waals surface area contributed by atoms with E-state index in [1.165, 1.54) is 0 Å². The Kier molecular flexibility index (Phi) is 4.14. The molecule has 0 aliphatic rings. The average Bonchev–Trinajstić information content (AvgIpc) is 3.01. The van der Waals surface area contributed by atoms with E-state index in [1.807, 2.05) is 0 Å². The van der Waals surface area contributed by atoms with Crippen LogP contribution in [0.25, 0.3) is 5.95 Å². The van der Waals surface area contributed by atoms with Gasteiger partial charge in [-0.25, -0.2) is 10.8 Å². The Morgan fingerprint density at radius 1 is 1.20 bits per heavy atom. The molecule has 0 fully saturated rings. The van der Waals surface area contributed by atoms with Crippen LogP contribution in [0.15, 0.2) is 18.7 Å². The summed E-state index contributed by atoms with van der Waals surface area (Å²) in [6.45, 7) is 6.37. The quantitative estimate of drug-likeness (QED) is 0.539. The molecular formula is C12H20N8. The standard InChI is InChI=1S/C12H20N8/c1-4-12(3,5-2)18-9-15-10(19-13)17-11(16-9)20-7-6-14-8-20/h6-8H,4-5,13H2,1-3H3,(H2,15,16,17,18,19). The molecule has 2 rings (SSSR count). The van der Waals surface area contributed by atoms with Crippen molar-refractivity contribution in [1.82, 2.24) is 24.5 Å². The molecule has 0 atom stereocenters. The van der Waals surface area contributed by atoms with E-state index >= 15 is 0 Å². The molecule has 2 aromatic rings. The van der Waals surface area contributed by atoms with Crippen LogP contribution in [0.4, 0.5) is 11.9 Å². The molecule has 20 heavy (non-hydrogen) atoms. The van der Waals surface area contributed by atoms with Crippen molar-refractivity contribution < 1.29 is 0 Å². The number of hydrogen-bond donors (Lipinski definition) is 3. The molecule has 0 bridgehead atoms. The minimum atomic E-state index is -0.0700. The molecule has 0 aromatic carbocycles. The third-order valence-electron chi connectivity index (χ3n) is 3.46. The van der Waals surface area contributed by atoms with Gasteiger partial charge in [-0.05, 0) is 19.8 Å². The minimum Gasteiger partial charge on any atom is -0.349 e. The first-order valence-corrected chi connectivity index (χ1v) is 6.59. The Balaban J connectivity index is 2.36. The van der Waals surface area contributed by atoms with E-state index in [0.717, 1.165) is 12.8 Å². The third kappa shape index (κ3) is 3.02. The van der Waals surface area contributed by atoms with Gasteiger partial charge in [-0.2, -0.15) is 15.0 Å². The molecule has 108 valence electrons. The lowest BCUT2D eigenvalue weighted by Crippen LogP contribution is -2.34. The van der Waals surface area contributed by atoms with Gasteiger partial charge in [-0.15, -0.1) is 0 Å². The van der Waals surface area contributed by atoms with E-state index in [-0.39, 0.29) is 5.54 Å². The first kappa shape index (κ1) is 14.2. The number of hydrogen-bond acceptors (Lipinski definition) is 7. The monoisotopic (exact) mass is 276 g/mol. The van der Waals surface area contributed by atoms with Crippen LogP contribution in [0.5, 0.6) is 0 Å². The number of imidazole rings is 1. The highest BCUT2D eigenvalue weighted by atomic mass is 15.4. The van der Waals surface area contributed by atoms with Gasteiger partial charge in [0, 0.05) is 17.9 Å². The molecule has 0 saturated carbocycles. The van der Waals surface area contributed by atoms with E-state index in [0.29, 0.717) is 17.8 Å². The summed E-state index contributed by atoms with van der Waals surface area (Å²) >= 11 is 0. The van der Waals surface area contributed by atoms with Crippen molar-refractivity contribution in [1.29, 1.82) is 0 Å². The van der Waals surface area contributed by atoms with E-state index in [2.05, 4.69) is 51.4 Å². The smallest absolute Gasteiger partial charge is 0.243 e. The zero-order chi connectivity index (χ0) is 14.6. The van der Waals surface area contributed by atoms with Gasteiger partial charge in [-0.1, -0.05) is 13.8 Å². The number of rotatable bonds is 6. The minimum absolute atomic E-state index is 0.0700. The Morgan fingerprint density at radius 3 is 2.45 bits per heavy atom. The number of anilines is 2. The van der Waals surface area contributed by atoms with E-state index in [4.69, 9.17) is 5.84 Å². The Morgan fingerprint density at radius 2 is 1.90 bits per heavy atom. The van der Waals surface area contributed by atoms with Crippen LogP contribution in [0.3, 0.4) is 0 Å². The summed E-state index contributed by atoms with van der Waals surface area (Å²) in [5.41, 5.74) is 2.39. The predicted octanol–water partition coefficient (Wildman–Crippen LogP) is 1.33. The first-order valence-electron chi connectivity index (χ1n) is 6.59. The van der Waals surface area contributed by atoms with E-state index < -0.39 is 0 Å². The summed E-state index contributed by atoms with van der Waals surface area (Å²) in [6.07, 6.45) is 6.97. The van der Waals surface area contributed by atoms with Crippen LogP contribution < -0.4 is 16.6 Å². The summed E-state index contributed by atoms with van der Waals surface area (Å²) < 4.78 is 1.70. The summed E-state index contributed by atoms with van der Waals surface area (Å²) in [4.78, 5) is 16.8. The fourth-order valence-electron chi connectivity index (χ4n) is 1.67. The number of aromatic nitrogens is 5. The summed E-state index contributed by atoms with van der Waals surface area (Å²) in [6, 6.07) is 0. The van der Waals surface area contributed by atoms with Crippen molar-refractivity contribution in [3.63, 3.8) is 0 Å². The largest absolute Gasteiger partial charge is 0.349 e. The van der Waals surface area contributed by atoms with Crippen LogP contribution in [-0.4, -0.2) is 30.0 Å². The average molecular weight is 276 g/mol. The molecule has 0 aliphatic carbocycles. The van der Waals surface area contributed by atoms with E-state index in [9.17, 15) is 0 Å². The van der Waals surface area contributed by atoms with Crippen LogP contribution >= 0.6 is 0 Å². The summed E-state index contributed by atoms with van der Waals surface area (Å²) in [7, 11) is 0. The van der Waals surface area contributed by atoms with Gasteiger partial charge in [-0.3, -0.25) is 9.99 Å². The van der Waals surface area contributed by atoms with Gasteiger partial charge in [0.1, 0.15) is 6.33 Å². The number of nitrogens with one attached hydrogen (secondary N) is 2. The normalized spacial score (nSPS) is 11.4. The van der Waals surface area contributed by atoms with Crippen LogP contribution in [-0.2, 0) is 0 Å². The fourth-order valence-corrected chi connectivity index (χ4v) is 1.67. The maximum absolute atomic E-state index is 5.41. The molecule has 8 nitrogen and oxygen atoms in total. The van der Waals surface area contributed by atoms with Gasteiger partial charge in [0.15, 0.2) is 0 Å². The second-order valence-electron chi connectivity index (χ2n) is 4.79. The first-order chi connectivity index (χ1) is 9.60. The summed E-state index contributed by atoms with van der Waals surface area (Å²) in [5, 5.41) is 3.34. The van der Waals surface area contributed by atoms with Crippen molar-refractivity contribution >= 4 is 11.9 Å². The van der Waals surface area contributed by atoms with Crippen LogP contribution in [0.1, 0.15) is 33.6 Å². The third-order valence-corrected chi connectivity index (χ3v) is 3.46. The molecule has 0 spiro atoms. The molecule has 0 unspecified atom stereocenters. The zero-order valence-corrected chi connectivity index (χ0v) is 12.0. The highest BCUT2D eigenvalue weighted by Crippen LogP contribution is 2.20. The SMILES string of the molecule is CCC(C)(CC)Nc1nc(NN)nc(-n2ccnc2)n1. The van der Waals surface area contributed by atoms with Crippen LogP contribution in [0.2, 0.25) is 0 Å². The van der Waals surface area contributed by atoms with Gasteiger partial charge >= 0.3 is 0 Å². The van der Waals surface area contributed by atoms with Crippen molar-refractivity contribution in [3.05, 3.63) is 18.7 Å². The molecule has 2 aromatic heterocycles. The molecule has 0 radical (unpaired) electrons. The van der Waals surface area contributed by atoms with E-state index in [1.54, 1.807) is 23.3 Å².